The highest BCUT2D eigenvalue weighted by molar-refractivity contribution is 5.53. The van der Waals surface area contributed by atoms with Crippen molar-refractivity contribution in [1.82, 2.24) is 0 Å². The van der Waals surface area contributed by atoms with Crippen LogP contribution in [0.2, 0.25) is 0 Å². The zero-order valence-electron chi connectivity index (χ0n) is 9.59. The van der Waals surface area contributed by atoms with Crippen molar-refractivity contribution in [3.63, 3.8) is 0 Å². The zero-order chi connectivity index (χ0) is 12.4. The minimum atomic E-state index is -0.906. The fourth-order valence-corrected chi connectivity index (χ4v) is 1.82. The smallest absolute Gasteiger partial charge is 0.121 e. The Bertz CT molecular complexity index is 537. The van der Waals surface area contributed by atoms with Gasteiger partial charge in [-0.2, -0.15) is 0 Å². The van der Waals surface area contributed by atoms with Crippen LogP contribution in [-0.4, -0.2) is 10.2 Å². The molecule has 0 heterocycles. The average molecular weight is 229 g/mol. The maximum absolute atomic E-state index is 10.2. The Kier molecular flexibility index (Phi) is 3.02. The summed E-state index contributed by atoms with van der Waals surface area (Å²) in [6.45, 7) is 1.93. The molecule has 2 rings (SSSR count). The van der Waals surface area contributed by atoms with Crippen molar-refractivity contribution < 1.29 is 10.2 Å². The van der Waals surface area contributed by atoms with Crippen molar-refractivity contribution in [1.29, 1.82) is 0 Å². The minimum Gasteiger partial charge on any atom is -0.508 e. The van der Waals surface area contributed by atoms with Crippen LogP contribution in [0.3, 0.4) is 0 Å². The minimum absolute atomic E-state index is 0.0703. The van der Waals surface area contributed by atoms with E-state index in [4.69, 9.17) is 5.73 Å². The third kappa shape index (κ3) is 2.24. The van der Waals surface area contributed by atoms with Gasteiger partial charge in [-0.3, -0.25) is 0 Å². The van der Waals surface area contributed by atoms with Crippen LogP contribution < -0.4 is 5.73 Å². The van der Waals surface area contributed by atoms with Crippen LogP contribution in [0.25, 0.3) is 0 Å². The number of nitrogens with two attached hydrogens (primary N) is 1. The normalized spacial score (nSPS) is 12.4. The molecule has 88 valence electrons. The zero-order valence-corrected chi connectivity index (χ0v) is 9.59. The van der Waals surface area contributed by atoms with Crippen molar-refractivity contribution in [2.45, 2.75) is 13.0 Å². The highest BCUT2D eigenvalue weighted by Crippen LogP contribution is 2.32. The van der Waals surface area contributed by atoms with E-state index in [1.807, 2.05) is 19.1 Å². The number of phenolic OH excluding ortho intramolecular Hbond substituents is 1. The van der Waals surface area contributed by atoms with Crippen molar-refractivity contribution in [2.75, 3.05) is 5.73 Å². The van der Waals surface area contributed by atoms with E-state index in [0.717, 1.165) is 5.56 Å². The van der Waals surface area contributed by atoms with E-state index >= 15 is 0 Å². The average Bonchev–Trinajstić information content (AvgIpc) is 2.32. The summed E-state index contributed by atoms with van der Waals surface area (Å²) < 4.78 is 0. The predicted molar refractivity (Wildman–Crippen MR) is 67.8 cm³/mol. The Hall–Kier alpha value is -2.00. The molecule has 0 bridgehead atoms. The van der Waals surface area contributed by atoms with Gasteiger partial charge in [-0.1, -0.05) is 35.9 Å². The first kappa shape index (κ1) is 11.5. The second-order valence-corrected chi connectivity index (χ2v) is 4.09. The number of phenols is 1. The lowest BCUT2D eigenvalue weighted by Crippen LogP contribution is -2.04. The van der Waals surface area contributed by atoms with Gasteiger partial charge < -0.3 is 15.9 Å². The topological polar surface area (TPSA) is 66.5 Å². The van der Waals surface area contributed by atoms with Gasteiger partial charge in [0.2, 0.25) is 0 Å². The molecule has 3 heteroatoms. The molecule has 0 aliphatic rings. The number of hydrogen-bond donors (Lipinski definition) is 3. The van der Waals surface area contributed by atoms with Crippen molar-refractivity contribution in [2.24, 2.45) is 0 Å². The van der Waals surface area contributed by atoms with Crippen LogP contribution in [0.5, 0.6) is 5.75 Å². The number of anilines is 1. The summed E-state index contributed by atoms with van der Waals surface area (Å²) in [6.07, 6.45) is -0.906. The molecule has 1 atom stereocenters. The molecule has 1 unspecified atom stereocenters. The molecule has 0 saturated carbocycles. The van der Waals surface area contributed by atoms with Crippen LogP contribution in [0, 0.1) is 6.92 Å². The van der Waals surface area contributed by atoms with E-state index in [2.05, 4.69) is 0 Å². The summed E-state index contributed by atoms with van der Waals surface area (Å²) in [7, 11) is 0. The molecule has 0 fully saturated rings. The molecule has 2 aromatic carbocycles. The van der Waals surface area contributed by atoms with E-state index in [1.165, 1.54) is 0 Å². The third-order valence-corrected chi connectivity index (χ3v) is 2.77. The summed E-state index contributed by atoms with van der Waals surface area (Å²) >= 11 is 0. The standard InChI is InChI=1S/C14H15NO2/c1-9-6-7-12(15)11(8-9)14(17)10-4-2-3-5-13(10)16/h2-8,14,16-17H,15H2,1H3. The lowest BCUT2D eigenvalue weighted by Gasteiger charge is -2.15. The SMILES string of the molecule is Cc1ccc(N)c(C(O)c2ccccc2O)c1. The molecule has 0 spiro atoms. The monoisotopic (exact) mass is 229 g/mol. The molecule has 0 aliphatic carbocycles. The van der Waals surface area contributed by atoms with Gasteiger partial charge in [0, 0.05) is 16.8 Å². The number of hydrogen-bond acceptors (Lipinski definition) is 3. The fourth-order valence-electron chi connectivity index (χ4n) is 1.82. The maximum Gasteiger partial charge on any atom is 0.121 e. The van der Waals surface area contributed by atoms with Gasteiger partial charge in [0.15, 0.2) is 0 Å². The highest BCUT2D eigenvalue weighted by atomic mass is 16.3. The quantitative estimate of drug-likeness (QED) is 0.692. The number of aromatic hydroxyl groups is 1. The number of para-hydroxylation sites is 1. The van der Waals surface area contributed by atoms with Gasteiger partial charge in [0.25, 0.3) is 0 Å². The molecule has 4 N–H and O–H groups in total. The van der Waals surface area contributed by atoms with Gasteiger partial charge in [0.05, 0.1) is 0 Å². The molecule has 0 aliphatic heterocycles. The van der Waals surface area contributed by atoms with E-state index in [0.29, 0.717) is 16.8 Å². The highest BCUT2D eigenvalue weighted by Gasteiger charge is 2.16. The third-order valence-electron chi connectivity index (χ3n) is 2.77. The van der Waals surface area contributed by atoms with Crippen LogP contribution in [0.15, 0.2) is 42.5 Å². The summed E-state index contributed by atoms with van der Waals surface area (Å²) in [5.74, 6) is 0.0703. The van der Waals surface area contributed by atoms with Gasteiger partial charge >= 0.3 is 0 Å². The molecule has 2 aromatic rings. The van der Waals surface area contributed by atoms with Crippen molar-refractivity contribution >= 4 is 5.69 Å². The Morgan fingerprint density at radius 3 is 2.47 bits per heavy atom. The predicted octanol–water partition coefficient (Wildman–Crippen LogP) is 2.36. The molecule has 0 saturated heterocycles. The molecule has 0 amide bonds. The van der Waals surface area contributed by atoms with E-state index in [1.54, 1.807) is 30.3 Å². The van der Waals surface area contributed by atoms with Crippen LogP contribution >= 0.6 is 0 Å². The second kappa shape index (κ2) is 4.47. The van der Waals surface area contributed by atoms with E-state index in [-0.39, 0.29) is 5.75 Å². The number of nitrogen functional groups attached to an aromatic ring is 1. The van der Waals surface area contributed by atoms with E-state index in [9.17, 15) is 10.2 Å². The van der Waals surface area contributed by atoms with Crippen LogP contribution in [0.4, 0.5) is 5.69 Å². The Balaban J connectivity index is 2.47. The largest absolute Gasteiger partial charge is 0.508 e. The number of rotatable bonds is 2. The van der Waals surface area contributed by atoms with E-state index < -0.39 is 6.10 Å². The Morgan fingerprint density at radius 1 is 1.06 bits per heavy atom. The van der Waals surface area contributed by atoms with Gasteiger partial charge in [-0.25, -0.2) is 0 Å². The van der Waals surface area contributed by atoms with Crippen molar-refractivity contribution in [3.8, 4) is 5.75 Å². The summed E-state index contributed by atoms with van der Waals surface area (Å²) in [6, 6.07) is 12.2. The first-order valence-corrected chi connectivity index (χ1v) is 5.41. The molecule has 0 aromatic heterocycles. The lowest BCUT2D eigenvalue weighted by molar-refractivity contribution is 0.216. The molecular formula is C14H15NO2. The van der Waals surface area contributed by atoms with Gasteiger partial charge in [-0.15, -0.1) is 0 Å². The molecule has 3 nitrogen and oxygen atoms in total. The molecular weight excluding hydrogens is 214 g/mol. The number of benzene rings is 2. The summed E-state index contributed by atoms with van der Waals surface area (Å²) in [5, 5.41) is 19.9. The first-order valence-electron chi connectivity index (χ1n) is 5.41. The molecule has 17 heavy (non-hydrogen) atoms. The Morgan fingerprint density at radius 2 is 1.76 bits per heavy atom. The second-order valence-electron chi connectivity index (χ2n) is 4.09. The summed E-state index contributed by atoms with van der Waals surface area (Å²) in [4.78, 5) is 0. The lowest BCUT2D eigenvalue weighted by atomic mass is 9.98. The number of aryl methyl sites for hydroxylation is 1. The molecule has 0 radical (unpaired) electrons. The fraction of sp³-hybridized carbons (Fsp3) is 0.143. The summed E-state index contributed by atoms with van der Waals surface area (Å²) in [5.41, 5.74) is 8.45. The van der Waals surface area contributed by atoms with Gasteiger partial charge in [0.1, 0.15) is 11.9 Å². The van der Waals surface area contributed by atoms with Crippen LogP contribution in [-0.2, 0) is 0 Å². The Labute approximate surface area is 100 Å². The van der Waals surface area contributed by atoms with Crippen LogP contribution in [0.1, 0.15) is 22.8 Å². The maximum atomic E-state index is 10.2. The van der Waals surface area contributed by atoms with Gasteiger partial charge in [-0.05, 0) is 19.1 Å². The number of aliphatic hydroxyl groups excluding tert-OH is 1. The first-order chi connectivity index (χ1) is 8.09. The number of aliphatic hydroxyl groups is 1. The van der Waals surface area contributed by atoms with Crippen molar-refractivity contribution in [3.05, 3.63) is 59.2 Å².